The maximum atomic E-state index is 10.6. The van der Waals surface area contributed by atoms with Gasteiger partial charge in [0, 0.05) is 5.39 Å². The van der Waals surface area contributed by atoms with E-state index in [4.69, 9.17) is 0 Å². The minimum Gasteiger partial charge on any atom is -0.507 e. The van der Waals surface area contributed by atoms with Crippen LogP contribution in [-0.4, -0.2) is 5.11 Å². The van der Waals surface area contributed by atoms with Crippen LogP contribution < -0.4 is 0 Å². The summed E-state index contributed by atoms with van der Waals surface area (Å²) in [5, 5.41) is 20.0. The van der Waals surface area contributed by atoms with Gasteiger partial charge in [0.1, 0.15) is 5.75 Å². The summed E-state index contributed by atoms with van der Waals surface area (Å²) < 4.78 is 0. The first kappa shape index (κ1) is 20.7. The van der Waals surface area contributed by atoms with Gasteiger partial charge in [0.15, 0.2) is 0 Å². The summed E-state index contributed by atoms with van der Waals surface area (Å²) in [4.78, 5) is 0. The van der Waals surface area contributed by atoms with Crippen molar-refractivity contribution in [2.75, 3.05) is 0 Å². The van der Waals surface area contributed by atoms with Gasteiger partial charge in [-0.15, -0.1) is 0 Å². The normalized spacial score (nSPS) is 11.6. The highest BCUT2D eigenvalue weighted by Gasteiger charge is 2.19. The van der Waals surface area contributed by atoms with Crippen LogP contribution in [-0.2, 0) is 0 Å². The van der Waals surface area contributed by atoms with E-state index < -0.39 is 0 Å². The Balaban J connectivity index is 1.70. The summed E-state index contributed by atoms with van der Waals surface area (Å²) >= 11 is 0. The quantitative estimate of drug-likeness (QED) is 0.255. The minimum absolute atomic E-state index is 0.311. The van der Waals surface area contributed by atoms with Crippen LogP contribution in [0.2, 0.25) is 0 Å². The van der Waals surface area contributed by atoms with Crippen molar-refractivity contribution < 1.29 is 5.11 Å². The molecule has 0 fully saturated rings. The SMILES string of the molecule is Cc1ccc(-c2c3ccccc3c(-c3ccc(O)c4ccccc34)c3ccccc23)c2ccccc12. The fourth-order valence-electron chi connectivity index (χ4n) is 5.88. The van der Waals surface area contributed by atoms with Gasteiger partial charge in [0.25, 0.3) is 0 Å². The standard InChI is InChI=1S/C35H24O/c1-22-18-19-31(24-11-3-2-10-23(22)24)34-27-14-6-8-16-29(27)35(30-17-9-7-15-28(30)34)32-20-21-33(36)26-13-5-4-12-25(26)32/h2-21,36H,1H3. The Hall–Kier alpha value is -4.62. The van der Waals surface area contributed by atoms with E-state index in [2.05, 4.69) is 104 Å². The van der Waals surface area contributed by atoms with E-state index in [0.29, 0.717) is 5.75 Å². The molecule has 0 aliphatic heterocycles. The highest BCUT2D eigenvalue weighted by molar-refractivity contribution is 6.25. The van der Waals surface area contributed by atoms with Crippen molar-refractivity contribution in [1.29, 1.82) is 0 Å². The first-order valence-electron chi connectivity index (χ1n) is 12.4. The van der Waals surface area contributed by atoms with Gasteiger partial charge in [-0.05, 0) is 78.5 Å². The summed E-state index contributed by atoms with van der Waals surface area (Å²) in [6, 6.07) is 42.7. The lowest BCUT2D eigenvalue weighted by Gasteiger charge is -2.20. The van der Waals surface area contributed by atoms with Gasteiger partial charge >= 0.3 is 0 Å². The zero-order valence-corrected chi connectivity index (χ0v) is 20.0. The fraction of sp³-hybridized carbons (Fsp3) is 0.0286. The molecule has 0 heterocycles. The van der Waals surface area contributed by atoms with Gasteiger partial charge in [-0.2, -0.15) is 0 Å². The molecule has 0 radical (unpaired) electrons. The average molecular weight is 461 g/mol. The Morgan fingerprint density at radius 2 is 0.722 bits per heavy atom. The summed E-state index contributed by atoms with van der Waals surface area (Å²) in [7, 11) is 0. The Bertz CT molecular complexity index is 1760. The summed E-state index contributed by atoms with van der Waals surface area (Å²) in [6.07, 6.45) is 0. The maximum Gasteiger partial charge on any atom is 0.123 e. The van der Waals surface area contributed by atoms with E-state index in [0.717, 1.165) is 16.3 Å². The topological polar surface area (TPSA) is 20.2 Å². The number of hydrogen-bond acceptors (Lipinski definition) is 1. The van der Waals surface area contributed by atoms with E-state index in [1.54, 1.807) is 0 Å². The van der Waals surface area contributed by atoms with Crippen molar-refractivity contribution in [3.05, 3.63) is 127 Å². The Labute approximate surface area is 209 Å². The third-order valence-corrected chi connectivity index (χ3v) is 7.51. The Morgan fingerprint density at radius 3 is 1.22 bits per heavy atom. The van der Waals surface area contributed by atoms with Crippen LogP contribution >= 0.6 is 0 Å². The molecule has 36 heavy (non-hydrogen) atoms. The lowest BCUT2D eigenvalue weighted by molar-refractivity contribution is 0.481. The molecule has 0 aliphatic rings. The highest BCUT2D eigenvalue weighted by atomic mass is 16.3. The molecule has 0 aliphatic carbocycles. The second-order valence-corrected chi connectivity index (χ2v) is 9.49. The molecule has 7 aromatic rings. The van der Waals surface area contributed by atoms with E-state index in [1.165, 1.54) is 54.6 Å². The van der Waals surface area contributed by atoms with Crippen LogP contribution in [0.3, 0.4) is 0 Å². The van der Waals surface area contributed by atoms with Crippen molar-refractivity contribution in [3.8, 4) is 28.0 Å². The highest BCUT2D eigenvalue weighted by Crippen LogP contribution is 2.47. The second kappa shape index (κ2) is 7.96. The van der Waals surface area contributed by atoms with Crippen molar-refractivity contribution in [1.82, 2.24) is 0 Å². The molecule has 0 saturated heterocycles. The van der Waals surface area contributed by atoms with Gasteiger partial charge in [-0.25, -0.2) is 0 Å². The summed E-state index contributed by atoms with van der Waals surface area (Å²) in [5.41, 5.74) is 6.15. The van der Waals surface area contributed by atoms with Gasteiger partial charge < -0.3 is 5.11 Å². The first-order chi connectivity index (χ1) is 17.7. The van der Waals surface area contributed by atoms with Gasteiger partial charge in [0.2, 0.25) is 0 Å². The van der Waals surface area contributed by atoms with E-state index in [1.807, 2.05) is 24.3 Å². The predicted octanol–water partition coefficient (Wildman–Crippen LogP) is 9.65. The maximum absolute atomic E-state index is 10.6. The van der Waals surface area contributed by atoms with Crippen molar-refractivity contribution in [2.45, 2.75) is 6.92 Å². The van der Waals surface area contributed by atoms with Crippen LogP contribution in [0.5, 0.6) is 5.75 Å². The summed E-state index contributed by atoms with van der Waals surface area (Å²) in [5.74, 6) is 0.311. The number of fused-ring (bicyclic) bond motifs is 4. The second-order valence-electron chi connectivity index (χ2n) is 9.49. The average Bonchev–Trinajstić information content (AvgIpc) is 2.93. The van der Waals surface area contributed by atoms with Crippen molar-refractivity contribution in [2.24, 2.45) is 0 Å². The minimum atomic E-state index is 0.311. The lowest BCUT2D eigenvalue weighted by Crippen LogP contribution is -1.93. The first-order valence-corrected chi connectivity index (χ1v) is 12.4. The molecule has 7 aromatic carbocycles. The number of phenols is 1. The zero-order chi connectivity index (χ0) is 24.2. The molecule has 0 spiro atoms. The largest absolute Gasteiger partial charge is 0.507 e. The number of phenolic OH excluding ortho intramolecular Hbond substituents is 1. The van der Waals surface area contributed by atoms with Crippen LogP contribution in [0, 0.1) is 6.92 Å². The molecule has 1 heteroatoms. The molecule has 0 saturated carbocycles. The van der Waals surface area contributed by atoms with Crippen molar-refractivity contribution >= 4 is 43.1 Å². The number of benzene rings is 7. The molecule has 0 bridgehead atoms. The Morgan fingerprint density at radius 1 is 0.361 bits per heavy atom. The molecule has 170 valence electrons. The number of rotatable bonds is 2. The molecule has 0 amide bonds. The number of hydrogen-bond donors (Lipinski definition) is 1. The fourth-order valence-corrected chi connectivity index (χ4v) is 5.88. The molecule has 0 unspecified atom stereocenters. The van der Waals surface area contributed by atoms with Gasteiger partial charge in [-0.3, -0.25) is 0 Å². The van der Waals surface area contributed by atoms with Crippen molar-refractivity contribution in [3.63, 3.8) is 0 Å². The molecule has 1 N–H and O–H groups in total. The van der Waals surface area contributed by atoms with Crippen LogP contribution in [0.4, 0.5) is 0 Å². The van der Waals surface area contributed by atoms with Crippen LogP contribution in [0.1, 0.15) is 5.56 Å². The molecule has 1 nitrogen and oxygen atoms in total. The summed E-state index contributed by atoms with van der Waals surface area (Å²) in [6.45, 7) is 2.18. The smallest absolute Gasteiger partial charge is 0.123 e. The predicted molar refractivity (Wildman–Crippen MR) is 154 cm³/mol. The van der Waals surface area contributed by atoms with E-state index in [9.17, 15) is 5.11 Å². The van der Waals surface area contributed by atoms with Crippen LogP contribution in [0.25, 0.3) is 65.3 Å². The van der Waals surface area contributed by atoms with Gasteiger partial charge in [0.05, 0.1) is 0 Å². The Kier molecular flexibility index (Phi) is 4.59. The zero-order valence-electron chi connectivity index (χ0n) is 20.0. The van der Waals surface area contributed by atoms with Gasteiger partial charge in [-0.1, -0.05) is 115 Å². The molecule has 7 rings (SSSR count). The molecular weight excluding hydrogens is 436 g/mol. The molecule has 0 aromatic heterocycles. The number of aryl methyl sites for hydroxylation is 1. The third-order valence-electron chi connectivity index (χ3n) is 7.51. The van der Waals surface area contributed by atoms with E-state index in [-0.39, 0.29) is 0 Å². The van der Waals surface area contributed by atoms with E-state index >= 15 is 0 Å². The number of aromatic hydroxyl groups is 1. The monoisotopic (exact) mass is 460 g/mol. The lowest BCUT2D eigenvalue weighted by atomic mass is 9.83. The third kappa shape index (κ3) is 2.96. The molecule has 0 atom stereocenters. The molecular formula is C35H24O. The van der Waals surface area contributed by atoms with Crippen LogP contribution in [0.15, 0.2) is 121 Å².